The molecule has 4 aromatic heterocycles. The molecule has 0 radical (unpaired) electrons. The lowest BCUT2D eigenvalue weighted by Gasteiger charge is -2.46. The predicted octanol–water partition coefficient (Wildman–Crippen LogP) is 3.45. The quantitative estimate of drug-likeness (QED) is 0.277. The number of aryl methyl sites for hydroxylation is 2. The average molecular weight is 649 g/mol. The molecule has 0 spiro atoms. The molecule has 0 saturated carbocycles. The molecule has 8 rings (SSSR count). The molecule has 4 aromatic rings. The zero-order valence-corrected chi connectivity index (χ0v) is 27.1. The number of nitrogens with zero attached hydrogens (tertiary/aromatic N) is 7. The summed E-state index contributed by atoms with van der Waals surface area (Å²) in [6.07, 6.45) is 10.4. The van der Waals surface area contributed by atoms with Crippen molar-refractivity contribution in [1.29, 1.82) is 0 Å². The van der Waals surface area contributed by atoms with Gasteiger partial charge in [0.1, 0.15) is 17.3 Å². The van der Waals surface area contributed by atoms with Crippen molar-refractivity contribution < 1.29 is 14.6 Å². The third-order valence-corrected chi connectivity index (χ3v) is 10.3. The summed E-state index contributed by atoms with van der Waals surface area (Å²) >= 11 is 0. The number of carbonyl (C=O) groups excluding carboxylic acids is 1. The highest BCUT2D eigenvalue weighted by molar-refractivity contribution is 6.10. The summed E-state index contributed by atoms with van der Waals surface area (Å²) in [7, 11) is 1.69. The zero-order chi connectivity index (χ0) is 32.9. The average Bonchev–Trinajstić information content (AvgIpc) is 3.61. The van der Waals surface area contributed by atoms with Crippen molar-refractivity contribution in [3.63, 3.8) is 0 Å². The fraction of sp³-hybridized carbons (Fsp3) is 0.389. The molecule has 4 aliphatic heterocycles. The van der Waals surface area contributed by atoms with Gasteiger partial charge in [-0.05, 0) is 55.2 Å². The van der Waals surface area contributed by atoms with Crippen LogP contribution in [0.4, 0.5) is 23.0 Å². The van der Waals surface area contributed by atoms with E-state index in [1.807, 2.05) is 36.5 Å². The monoisotopic (exact) mass is 648 g/mol. The lowest BCUT2D eigenvalue weighted by atomic mass is 10.0. The van der Waals surface area contributed by atoms with Crippen LogP contribution in [0.2, 0.25) is 0 Å². The molecule has 2 saturated heterocycles. The van der Waals surface area contributed by atoms with Crippen molar-refractivity contribution in [2.45, 2.75) is 51.0 Å². The Morgan fingerprint density at radius 2 is 1.96 bits per heavy atom. The molecule has 0 aromatic carbocycles. The lowest BCUT2D eigenvalue weighted by Crippen LogP contribution is -2.60. The molecule has 2 N–H and O–H groups in total. The van der Waals surface area contributed by atoms with Crippen LogP contribution < -0.4 is 20.7 Å². The van der Waals surface area contributed by atoms with Crippen molar-refractivity contribution in [2.75, 3.05) is 48.0 Å². The largest absolute Gasteiger partial charge is 0.392 e. The molecular weight excluding hydrogens is 608 g/mol. The highest BCUT2D eigenvalue weighted by Gasteiger charge is 2.36. The summed E-state index contributed by atoms with van der Waals surface area (Å²) in [4.78, 5) is 42.6. The SMILES string of the molecule is C=C[C@H]1CN(C2COC2)CCN1c1ccc(Nc2cc(-c3ccnc(N4Cc5c(cc6n5CCCC6)C4=O)c3CO)cn(C)c2=O)nc1. The van der Waals surface area contributed by atoms with Crippen LogP contribution in [0.15, 0.2) is 66.4 Å². The number of piperazine rings is 1. The Labute approximate surface area is 278 Å². The van der Waals surface area contributed by atoms with Gasteiger partial charge in [-0.2, -0.15) is 0 Å². The van der Waals surface area contributed by atoms with E-state index in [1.54, 1.807) is 30.4 Å². The molecule has 4 aliphatic rings. The second-order valence-electron chi connectivity index (χ2n) is 13.1. The van der Waals surface area contributed by atoms with Gasteiger partial charge in [0.25, 0.3) is 11.5 Å². The molecule has 1 amide bonds. The van der Waals surface area contributed by atoms with Crippen molar-refractivity contribution in [2.24, 2.45) is 7.05 Å². The number of fused-ring (bicyclic) bond motifs is 3. The molecule has 48 heavy (non-hydrogen) atoms. The van der Waals surface area contributed by atoms with Gasteiger partial charge in [-0.1, -0.05) is 6.08 Å². The Hall–Kier alpha value is -4.78. The van der Waals surface area contributed by atoms with Crippen molar-refractivity contribution in [3.05, 3.63) is 94.4 Å². The Kier molecular flexibility index (Phi) is 7.86. The van der Waals surface area contributed by atoms with Crippen molar-refractivity contribution in [3.8, 4) is 11.1 Å². The summed E-state index contributed by atoms with van der Waals surface area (Å²) in [5.74, 6) is 0.874. The minimum atomic E-state index is -0.319. The normalized spacial score (nSPS) is 19.6. The van der Waals surface area contributed by atoms with Crippen LogP contribution in [0.5, 0.6) is 0 Å². The molecule has 12 heteroatoms. The van der Waals surface area contributed by atoms with E-state index in [1.165, 1.54) is 10.3 Å². The molecule has 8 heterocycles. The lowest BCUT2D eigenvalue weighted by molar-refractivity contribution is -0.0682. The summed E-state index contributed by atoms with van der Waals surface area (Å²) in [5.41, 5.74) is 6.02. The van der Waals surface area contributed by atoms with Crippen LogP contribution in [0.3, 0.4) is 0 Å². The Morgan fingerprint density at radius 3 is 2.71 bits per heavy atom. The van der Waals surface area contributed by atoms with Gasteiger partial charge in [0, 0.05) is 62.4 Å². The first-order chi connectivity index (χ1) is 23.4. The number of rotatable bonds is 8. The summed E-state index contributed by atoms with van der Waals surface area (Å²) < 4.78 is 9.17. The van der Waals surface area contributed by atoms with Crippen LogP contribution in [-0.2, 0) is 37.9 Å². The van der Waals surface area contributed by atoms with Gasteiger partial charge in [-0.15, -0.1) is 6.58 Å². The number of aliphatic hydroxyl groups is 1. The van der Waals surface area contributed by atoms with Crippen LogP contribution in [0.1, 0.15) is 40.2 Å². The number of pyridine rings is 3. The number of aliphatic hydroxyl groups excluding tert-OH is 1. The number of amides is 1. The van der Waals surface area contributed by atoms with E-state index in [0.29, 0.717) is 46.6 Å². The predicted molar refractivity (Wildman–Crippen MR) is 184 cm³/mol. The van der Waals surface area contributed by atoms with Gasteiger partial charge in [0.15, 0.2) is 0 Å². The Morgan fingerprint density at radius 1 is 1.08 bits per heavy atom. The van der Waals surface area contributed by atoms with E-state index in [2.05, 4.69) is 36.2 Å². The van der Waals surface area contributed by atoms with E-state index >= 15 is 0 Å². The number of hydrogen-bond donors (Lipinski definition) is 2. The first kappa shape index (κ1) is 30.5. The number of ether oxygens (including phenoxy) is 1. The van der Waals surface area contributed by atoms with E-state index in [9.17, 15) is 14.7 Å². The number of nitrogens with one attached hydrogen (secondary N) is 1. The highest BCUT2D eigenvalue weighted by atomic mass is 16.5. The molecule has 2 fully saturated rings. The maximum atomic E-state index is 13.6. The van der Waals surface area contributed by atoms with E-state index < -0.39 is 0 Å². The molecule has 1 atom stereocenters. The third-order valence-electron chi connectivity index (χ3n) is 10.3. The van der Waals surface area contributed by atoms with Gasteiger partial charge in [0.2, 0.25) is 0 Å². The smallest absolute Gasteiger partial charge is 0.274 e. The number of anilines is 4. The van der Waals surface area contributed by atoms with Gasteiger partial charge < -0.3 is 29.2 Å². The Bertz CT molecular complexity index is 1950. The van der Waals surface area contributed by atoms with Crippen LogP contribution in [0, 0.1) is 0 Å². The third kappa shape index (κ3) is 5.20. The van der Waals surface area contributed by atoms with Crippen molar-refractivity contribution in [1.82, 2.24) is 24.0 Å². The molecule has 248 valence electrons. The highest BCUT2D eigenvalue weighted by Crippen LogP contribution is 2.37. The van der Waals surface area contributed by atoms with Gasteiger partial charge in [-0.3, -0.25) is 19.4 Å². The maximum Gasteiger partial charge on any atom is 0.274 e. The van der Waals surface area contributed by atoms with Crippen LogP contribution in [0.25, 0.3) is 11.1 Å². The number of aromatic nitrogens is 4. The fourth-order valence-electron chi connectivity index (χ4n) is 7.58. The van der Waals surface area contributed by atoms with E-state index in [4.69, 9.17) is 4.74 Å². The Balaban J connectivity index is 1.04. The molecule has 0 bridgehead atoms. The standard InChI is InChI=1S/C36H40N8O4/c1-3-24-18-41(27-21-48-22-27)12-13-42(24)26-7-8-33(38-16-26)39-31-14-23(17-40(2)36(31)47)28-9-10-37-34(30(28)20-45)44-19-32-29(35(44)46)15-25-6-4-5-11-43(25)32/h3,7-10,14-17,24,27,45H,1,4-6,11-13,18-22H2,2H3,(H,38,39)/t24-/m0/s1. The minimum absolute atomic E-state index is 0.0992. The zero-order valence-electron chi connectivity index (χ0n) is 27.1. The molecule has 0 aliphatic carbocycles. The van der Waals surface area contributed by atoms with E-state index in [0.717, 1.165) is 75.6 Å². The minimum Gasteiger partial charge on any atom is -0.392 e. The first-order valence-electron chi connectivity index (χ1n) is 16.7. The van der Waals surface area contributed by atoms with Crippen LogP contribution >= 0.6 is 0 Å². The van der Waals surface area contributed by atoms with Gasteiger partial charge in [-0.25, -0.2) is 9.97 Å². The second kappa shape index (κ2) is 12.3. The van der Waals surface area contributed by atoms with Gasteiger partial charge >= 0.3 is 0 Å². The van der Waals surface area contributed by atoms with Crippen LogP contribution in [-0.4, -0.2) is 79.9 Å². The first-order valence-corrected chi connectivity index (χ1v) is 16.7. The van der Waals surface area contributed by atoms with Crippen molar-refractivity contribution >= 4 is 28.9 Å². The topological polar surface area (TPSA) is 121 Å². The number of hydrogen-bond acceptors (Lipinski definition) is 9. The summed E-state index contributed by atoms with van der Waals surface area (Å²) in [5, 5.41) is 13.8. The summed E-state index contributed by atoms with van der Waals surface area (Å²) in [6.45, 7) is 9.40. The fourth-order valence-corrected chi connectivity index (χ4v) is 7.58. The summed E-state index contributed by atoms with van der Waals surface area (Å²) in [6, 6.07) is 10.2. The maximum absolute atomic E-state index is 13.6. The second-order valence-corrected chi connectivity index (χ2v) is 13.1. The number of carbonyl (C=O) groups is 1. The van der Waals surface area contributed by atoms with E-state index in [-0.39, 0.29) is 24.1 Å². The molecular formula is C36H40N8O4. The van der Waals surface area contributed by atoms with Gasteiger partial charge in [0.05, 0.1) is 61.6 Å². The molecule has 12 nitrogen and oxygen atoms in total. The molecule has 0 unspecified atom stereocenters.